The van der Waals surface area contributed by atoms with E-state index in [9.17, 15) is 4.79 Å². The molecule has 3 aromatic rings. The number of hydrogen-bond donors (Lipinski definition) is 1. The number of ether oxygens (including phenoxy) is 2. The molecule has 0 aliphatic rings. The van der Waals surface area contributed by atoms with Crippen molar-refractivity contribution in [3.63, 3.8) is 0 Å². The number of anilines is 1. The maximum atomic E-state index is 11.5. The highest BCUT2D eigenvalue weighted by molar-refractivity contribution is 6.06. The van der Waals surface area contributed by atoms with Gasteiger partial charge in [-0.1, -0.05) is 18.2 Å². The summed E-state index contributed by atoms with van der Waals surface area (Å²) in [5.74, 6) is 0.782. The lowest BCUT2D eigenvalue weighted by molar-refractivity contribution is -0.154. The molecule has 0 bridgehead atoms. The molecule has 0 aliphatic heterocycles. The van der Waals surface area contributed by atoms with Crippen molar-refractivity contribution in [3.05, 3.63) is 30.1 Å². The molecule has 138 valence electrons. The van der Waals surface area contributed by atoms with Gasteiger partial charge in [0.25, 0.3) is 0 Å². The maximum Gasteiger partial charge on any atom is 0.303 e. The van der Waals surface area contributed by atoms with Gasteiger partial charge in [-0.25, -0.2) is 9.97 Å². The predicted molar refractivity (Wildman–Crippen MR) is 101 cm³/mol. The molecule has 2 N–H and O–H groups in total. The van der Waals surface area contributed by atoms with E-state index in [4.69, 9.17) is 15.2 Å². The van der Waals surface area contributed by atoms with E-state index < -0.39 is 5.60 Å². The molecule has 0 saturated carbocycles. The average molecular weight is 356 g/mol. The number of nitrogens with two attached hydrogens (primary N) is 1. The van der Waals surface area contributed by atoms with E-state index in [2.05, 4.69) is 9.97 Å². The molecule has 7 nitrogen and oxygen atoms in total. The van der Waals surface area contributed by atoms with Crippen molar-refractivity contribution in [2.45, 2.75) is 46.4 Å². The molecule has 0 fully saturated rings. The van der Waals surface area contributed by atoms with E-state index in [0.29, 0.717) is 31.1 Å². The molecular weight excluding hydrogens is 332 g/mol. The van der Waals surface area contributed by atoms with Crippen LogP contribution in [0.25, 0.3) is 21.9 Å². The van der Waals surface area contributed by atoms with Crippen molar-refractivity contribution in [3.8, 4) is 0 Å². The number of nitrogen functional groups attached to an aromatic ring is 1. The molecule has 2 heterocycles. The second-order valence-corrected chi connectivity index (χ2v) is 6.82. The quantitative estimate of drug-likeness (QED) is 0.683. The van der Waals surface area contributed by atoms with E-state index in [1.165, 1.54) is 6.92 Å². The second kappa shape index (κ2) is 6.92. The van der Waals surface area contributed by atoms with Gasteiger partial charge in [-0.05, 0) is 26.8 Å². The summed E-state index contributed by atoms with van der Waals surface area (Å²) >= 11 is 0. The zero-order valence-corrected chi connectivity index (χ0v) is 15.6. The molecule has 0 atom stereocenters. The van der Waals surface area contributed by atoms with Gasteiger partial charge in [0.05, 0.1) is 17.6 Å². The van der Waals surface area contributed by atoms with Crippen LogP contribution in [0.1, 0.15) is 33.5 Å². The lowest BCUT2D eigenvalue weighted by Gasteiger charge is -2.26. The first kappa shape index (κ1) is 18.1. The number of carbonyl (C=O) groups excluding carboxylic acids is 1. The number of nitrogens with zero attached hydrogens (tertiary/aromatic N) is 3. The highest BCUT2D eigenvalue weighted by Crippen LogP contribution is 2.30. The van der Waals surface area contributed by atoms with Crippen molar-refractivity contribution in [2.75, 3.05) is 12.3 Å². The Morgan fingerprint density at radius 1 is 1.27 bits per heavy atom. The van der Waals surface area contributed by atoms with Crippen LogP contribution in [-0.4, -0.2) is 32.7 Å². The summed E-state index contributed by atoms with van der Waals surface area (Å²) in [4.78, 5) is 20.6. The molecular formula is C19H24N4O3. The Balaban J connectivity index is 2.24. The van der Waals surface area contributed by atoms with Crippen molar-refractivity contribution in [1.82, 2.24) is 14.5 Å². The highest BCUT2D eigenvalue weighted by atomic mass is 16.6. The second-order valence-electron chi connectivity index (χ2n) is 6.82. The van der Waals surface area contributed by atoms with E-state index in [1.54, 1.807) is 0 Å². The molecule has 1 aromatic carbocycles. The zero-order valence-electron chi connectivity index (χ0n) is 15.6. The monoisotopic (exact) mass is 356 g/mol. The average Bonchev–Trinajstić information content (AvgIpc) is 2.90. The molecule has 0 aliphatic carbocycles. The lowest BCUT2D eigenvalue weighted by Crippen LogP contribution is -2.33. The van der Waals surface area contributed by atoms with Gasteiger partial charge in [-0.2, -0.15) is 0 Å². The Morgan fingerprint density at radius 2 is 2.00 bits per heavy atom. The van der Waals surface area contributed by atoms with Crippen LogP contribution in [0.2, 0.25) is 0 Å². The summed E-state index contributed by atoms with van der Waals surface area (Å²) in [6.07, 6.45) is 0. The molecule has 2 aromatic heterocycles. The van der Waals surface area contributed by atoms with E-state index in [0.717, 1.165) is 22.2 Å². The van der Waals surface area contributed by atoms with Crippen LogP contribution in [0.15, 0.2) is 24.3 Å². The lowest BCUT2D eigenvalue weighted by atomic mass is 10.1. The summed E-state index contributed by atoms with van der Waals surface area (Å²) in [6, 6.07) is 7.79. The molecule has 3 rings (SSSR count). The van der Waals surface area contributed by atoms with Crippen LogP contribution < -0.4 is 5.73 Å². The minimum atomic E-state index is -0.709. The number of pyridine rings is 1. The van der Waals surface area contributed by atoms with Gasteiger partial charge in [-0.3, -0.25) is 4.79 Å². The number of rotatable bonds is 6. The number of hydrogen-bond acceptors (Lipinski definition) is 6. The first-order valence-corrected chi connectivity index (χ1v) is 8.63. The summed E-state index contributed by atoms with van der Waals surface area (Å²) in [7, 11) is 0. The van der Waals surface area contributed by atoms with Crippen LogP contribution in [0.4, 0.5) is 5.82 Å². The first-order chi connectivity index (χ1) is 12.3. The van der Waals surface area contributed by atoms with Crippen molar-refractivity contribution in [2.24, 2.45) is 0 Å². The van der Waals surface area contributed by atoms with Crippen LogP contribution in [-0.2, 0) is 27.4 Å². The minimum absolute atomic E-state index is 0.322. The summed E-state index contributed by atoms with van der Waals surface area (Å²) in [5, 5.41) is 0.950. The smallest absolute Gasteiger partial charge is 0.303 e. The molecule has 7 heteroatoms. The number of aromatic nitrogens is 3. The van der Waals surface area contributed by atoms with Crippen LogP contribution in [0.3, 0.4) is 0 Å². The SMILES string of the molecule is CCOCc1nc2c(N)nc3ccccc3c2n1CC(C)(C)OC(C)=O. The molecule has 0 unspecified atom stereocenters. The fourth-order valence-corrected chi connectivity index (χ4v) is 3.18. The third-order valence-corrected chi connectivity index (χ3v) is 4.08. The Kier molecular flexibility index (Phi) is 4.82. The predicted octanol–water partition coefficient (Wildman–Crippen LogP) is 3.04. The Labute approximate surface area is 152 Å². The number of carbonyl (C=O) groups is 1. The normalized spacial score (nSPS) is 12.0. The number of fused-ring (bicyclic) bond motifs is 3. The fraction of sp³-hybridized carbons (Fsp3) is 0.421. The standard InChI is InChI=1S/C19H24N4O3/c1-5-25-10-15-22-16-17(23(15)11-19(3,4)26-12(2)24)13-8-6-7-9-14(13)21-18(16)20/h6-9H,5,10-11H2,1-4H3,(H2,20,21). The van der Waals surface area contributed by atoms with Crippen LogP contribution >= 0.6 is 0 Å². The van der Waals surface area contributed by atoms with Gasteiger partial charge in [-0.15, -0.1) is 0 Å². The fourth-order valence-electron chi connectivity index (χ4n) is 3.18. The summed E-state index contributed by atoms with van der Waals surface area (Å²) < 4.78 is 13.1. The number of esters is 1. The Morgan fingerprint density at radius 3 is 2.69 bits per heavy atom. The summed E-state index contributed by atoms with van der Waals surface area (Å²) in [6.45, 7) is 8.43. The van der Waals surface area contributed by atoms with Gasteiger partial charge in [0.15, 0.2) is 5.82 Å². The minimum Gasteiger partial charge on any atom is -0.458 e. The van der Waals surface area contributed by atoms with Crippen LogP contribution in [0.5, 0.6) is 0 Å². The topological polar surface area (TPSA) is 92.3 Å². The van der Waals surface area contributed by atoms with Gasteiger partial charge >= 0.3 is 5.97 Å². The third kappa shape index (κ3) is 3.48. The van der Waals surface area contributed by atoms with Crippen molar-refractivity contribution in [1.29, 1.82) is 0 Å². The zero-order chi connectivity index (χ0) is 18.9. The van der Waals surface area contributed by atoms with Crippen molar-refractivity contribution < 1.29 is 14.3 Å². The highest BCUT2D eigenvalue weighted by Gasteiger charge is 2.26. The maximum absolute atomic E-state index is 11.5. The molecule has 0 spiro atoms. The largest absolute Gasteiger partial charge is 0.458 e. The molecule has 0 amide bonds. The number of imidazole rings is 1. The Hall–Kier alpha value is -2.67. The molecule has 26 heavy (non-hydrogen) atoms. The van der Waals surface area contributed by atoms with Crippen molar-refractivity contribution >= 4 is 33.7 Å². The van der Waals surface area contributed by atoms with Crippen LogP contribution in [0, 0.1) is 0 Å². The first-order valence-electron chi connectivity index (χ1n) is 8.63. The van der Waals surface area contributed by atoms with E-state index in [1.807, 2.05) is 49.6 Å². The summed E-state index contributed by atoms with van der Waals surface area (Å²) in [5.41, 5.74) is 7.77. The number of benzene rings is 1. The number of para-hydroxylation sites is 1. The van der Waals surface area contributed by atoms with Gasteiger partial charge < -0.3 is 19.8 Å². The van der Waals surface area contributed by atoms with Gasteiger partial charge in [0, 0.05) is 18.9 Å². The Bertz CT molecular complexity index is 962. The molecule has 0 saturated heterocycles. The van der Waals surface area contributed by atoms with Gasteiger partial charge in [0.1, 0.15) is 23.5 Å². The van der Waals surface area contributed by atoms with E-state index >= 15 is 0 Å². The molecule has 0 radical (unpaired) electrons. The van der Waals surface area contributed by atoms with Gasteiger partial charge in [0.2, 0.25) is 0 Å². The van der Waals surface area contributed by atoms with E-state index in [-0.39, 0.29) is 5.97 Å². The third-order valence-electron chi connectivity index (χ3n) is 4.08.